The van der Waals surface area contributed by atoms with E-state index in [2.05, 4.69) is 9.47 Å². The van der Waals surface area contributed by atoms with Gasteiger partial charge in [0.15, 0.2) is 11.5 Å². The molecule has 0 unspecified atom stereocenters. The first-order valence-corrected chi connectivity index (χ1v) is 6.55. The fourth-order valence-electron chi connectivity index (χ4n) is 1.91. The fraction of sp³-hybridized carbons (Fsp3) is 0.375. The average Bonchev–Trinajstić information content (AvgIpc) is 2.54. The third kappa shape index (κ3) is 4.25. The third-order valence-corrected chi connectivity index (χ3v) is 3.09. The van der Waals surface area contributed by atoms with Crippen molar-refractivity contribution in [2.24, 2.45) is 0 Å². The van der Waals surface area contributed by atoms with Crippen molar-refractivity contribution in [1.82, 2.24) is 0 Å². The van der Waals surface area contributed by atoms with Crippen LogP contribution in [0.5, 0.6) is 11.5 Å². The lowest BCUT2D eigenvalue weighted by Gasteiger charge is -2.13. The minimum Gasteiger partial charge on any atom is -0.493 e. The minimum absolute atomic E-state index is 0.0527. The second-order valence-electron chi connectivity index (χ2n) is 4.48. The molecule has 0 aliphatic heterocycles. The van der Waals surface area contributed by atoms with Crippen LogP contribution in [0.15, 0.2) is 17.7 Å². The Morgan fingerprint density at radius 2 is 1.59 bits per heavy atom. The first-order valence-electron chi connectivity index (χ1n) is 6.55. The van der Waals surface area contributed by atoms with E-state index in [9.17, 15) is 9.59 Å². The molecule has 0 fully saturated rings. The molecule has 0 N–H and O–H groups in total. The van der Waals surface area contributed by atoms with E-state index in [0.29, 0.717) is 28.2 Å². The van der Waals surface area contributed by atoms with Gasteiger partial charge in [0.05, 0.1) is 34.9 Å². The van der Waals surface area contributed by atoms with E-state index in [1.165, 1.54) is 28.4 Å². The number of carbonyl (C=O) groups is 2. The summed E-state index contributed by atoms with van der Waals surface area (Å²) in [7, 11) is 5.65. The fourth-order valence-corrected chi connectivity index (χ4v) is 1.91. The maximum absolute atomic E-state index is 11.6. The normalized spacial score (nSPS) is 10.9. The van der Waals surface area contributed by atoms with Gasteiger partial charge in [-0.05, 0) is 36.3 Å². The van der Waals surface area contributed by atoms with Gasteiger partial charge in [-0.15, -0.1) is 0 Å². The molecule has 6 nitrogen and oxygen atoms in total. The first kappa shape index (κ1) is 17.6. The van der Waals surface area contributed by atoms with Gasteiger partial charge in [-0.3, -0.25) is 4.79 Å². The summed E-state index contributed by atoms with van der Waals surface area (Å²) in [5.74, 6) is 0.158. The van der Waals surface area contributed by atoms with Crippen LogP contribution in [-0.2, 0) is 25.5 Å². The summed E-state index contributed by atoms with van der Waals surface area (Å²) in [5.41, 5.74) is 1.72. The minimum atomic E-state index is -0.446. The molecule has 22 heavy (non-hydrogen) atoms. The monoisotopic (exact) mass is 308 g/mol. The average molecular weight is 308 g/mol. The number of hydrogen-bond acceptors (Lipinski definition) is 6. The van der Waals surface area contributed by atoms with Crippen molar-refractivity contribution in [3.63, 3.8) is 0 Å². The molecule has 0 bridgehead atoms. The highest BCUT2D eigenvalue weighted by atomic mass is 16.5. The van der Waals surface area contributed by atoms with Gasteiger partial charge in [-0.1, -0.05) is 0 Å². The topological polar surface area (TPSA) is 71.1 Å². The van der Waals surface area contributed by atoms with Gasteiger partial charge >= 0.3 is 11.9 Å². The quantitative estimate of drug-likeness (QED) is 0.591. The molecule has 0 saturated heterocycles. The molecule has 120 valence electrons. The van der Waals surface area contributed by atoms with E-state index in [4.69, 9.17) is 9.47 Å². The number of esters is 2. The summed E-state index contributed by atoms with van der Waals surface area (Å²) >= 11 is 0. The molecular formula is C16H20O6. The number of ether oxygens (including phenoxy) is 4. The summed E-state index contributed by atoms with van der Waals surface area (Å²) in [6, 6.07) is 3.38. The highest BCUT2D eigenvalue weighted by Gasteiger charge is 2.14. The van der Waals surface area contributed by atoms with Crippen LogP contribution >= 0.6 is 0 Å². The van der Waals surface area contributed by atoms with Gasteiger partial charge in [0.1, 0.15) is 0 Å². The zero-order valence-electron chi connectivity index (χ0n) is 13.4. The van der Waals surface area contributed by atoms with E-state index in [0.717, 1.165) is 0 Å². The van der Waals surface area contributed by atoms with Crippen LogP contribution in [0.2, 0.25) is 0 Å². The molecule has 0 saturated carbocycles. The molecule has 0 radical (unpaired) electrons. The summed E-state index contributed by atoms with van der Waals surface area (Å²) in [6.07, 6.45) is 1.68. The Morgan fingerprint density at radius 3 is 2.09 bits per heavy atom. The van der Waals surface area contributed by atoms with Crippen LogP contribution in [0.3, 0.4) is 0 Å². The molecule has 6 heteroatoms. The van der Waals surface area contributed by atoms with Crippen molar-refractivity contribution in [2.45, 2.75) is 13.3 Å². The van der Waals surface area contributed by atoms with Crippen LogP contribution in [0.25, 0.3) is 6.08 Å². The van der Waals surface area contributed by atoms with E-state index < -0.39 is 11.9 Å². The summed E-state index contributed by atoms with van der Waals surface area (Å²) in [4.78, 5) is 23.1. The van der Waals surface area contributed by atoms with Gasteiger partial charge < -0.3 is 18.9 Å². The molecular weight excluding hydrogens is 288 g/mol. The number of rotatable bonds is 6. The van der Waals surface area contributed by atoms with E-state index in [1.807, 2.05) is 0 Å². The SMILES string of the molecule is COC(=O)Cc1cc(OC)c(OC)cc1/C=C(\C)C(=O)OC. The van der Waals surface area contributed by atoms with Crippen LogP contribution in [0, 0.1) is 0 Å². The zero-order valence-corrected chi connectivity index (χ0v) is 13.4. The number of methoxy groups -OCH3 is 4. The van der Waals surface area contributed by atoms with Gasteiger partial charge in [0.2, 0.25) is 0 Å². The summed E-state index contributed by atoms with van der Waals surface area (Å²) < 4.78 is 19.8. The van der Waals surface area contributed by atoms with E-state index in [-0.39, 0.29) is 6.42 Å². The van der Waals surface area contributed by atoms with Gasteiger partial charge in [0, 0.05) is 5.57 Å². The standard InChI is InChI=1S/C16H20O6/c1-10(16(18)22-5)6-11-7-13(19-2)14(20-3)8-12(11)9-15(17)21-4/h6-8H,9H2,1-5H3/b10-6+. The van der Waals surface area contributed by atoms with Gasteiger partial charge in [-0.2, -0.15) is 0 Å². The molecule has 0 aliphatic rings. The number of hydrogen-bond donors (Lipinski definition) is 0. The Bertz CT molecular complexity index is 589. The van der Waals surface area contributed by atoms with Crippen LogP contribution < -0.4 is 9.47 Å². The van der Waals surface area contributed by atoms with Gasteiger partial charge in [-0.25, -0.2) is 4.79 Å². The van der Waals surface area contributed by atoms with Crippen molar-refractivity contribution in [3.8, 4) is 11.5 Å². The largest absolute Gasteiger partial charge is 0.493 e. The predicted molar refractivity (Wildman–Crippen MR) is 80.9 cm³/mol. The molecule has 0 amide bonds. The predicted octanol–water partition coefficient (Wildman–Crippen LogP) is 2.00. The maximum Gasteiger partial charge on any atom is 0.333 e. The molecule has 1 aromatic carbocycles. The Kier molecular flexibility index (Phi) is 6.44. The smallest absolute Gasteiger partial charge is 0.333 e. The molecule has 0 atom stereocenters. The first-order chi connectivity index (χ1) is 10.5. The molecule has 0 aromatic heterocycles. The van der Waals surface area contributed by atoms with Crippen molar-refractivity contribution >= 4 is 18.0 Å². The van der Waals surface area contributed by atoms with Crippen LogP contribution in [0.4, 0.5) is 0 Å². The van der Waals surface area contributed by atoms with E-state index >= 15 is 0 Å². The lowest BCUT2D eigenvalue weighted by atomic mass is 10.0. The Hall–Kier alpha value is -2.50. The van der Waals surface area contributed by atoms with Crippen molar-refractivity contribution in [2.75, 3.05) is 28.4 Å². The summed E-state index contributed by atoms with van der Waals surface area (Å²) in [6.45, 7) is 1.63. The zero-order chi connectivity index (χ0) is 16.7. The van der Waals surface area contributed by atoms with Crippen molar-refractivity contribution in [1.29, 1.82) is 0 Å². The van der Waals surface area contributed by atoms with Crippen LogP contribution in [0.1, 0.15) is 18.1 Å². The molecule has 1 aromatic rings. The van der Waals surface area contributed by atoms with Crippen LogP contribution in [-0.4, -0.2) is 40.4 Å². The maximum atomic E-state index is 11.6. The second kappa shape index (κ2) is 8.07. The van der Waals surface area contributed by atoms with Crippen molar-refractivity contribution < 1.29 is 28.5 Å². The second-order valence-corrected chi connectivity index (χ2v) is 4.48. The Labute approximate surface area is 129 Å². The van der Waals surface area contributed by atoms with E-state index in [1.54, 1.807) is 25.1 Å². The van der Waals surface area contributed by atoms with Crippen molar-refractivity contribution in [3.05, 3.63) is 28.8 Å². The molecule has 0 spiro atoms. The lowest BCUT2D eigenvalue weighted by molar-refractivity contribution is -0.139. The number of benzene rings is 1. The third-order valence-electron chi connectivity index (χ3n) is 3.09. The van der Waals surface area contributed by atoms with Gasteiger partial charge in [0.25, 0.3) is 0 Å². The highest BCUT2D eigenvalue weighted by Crippen LogP contribution is 2.32. The Morgan fingerprint density at radius 1 is 1.00 bits per heavy atom. The Balaban J connectivity index is 3.38. The summed E-state index contributed by atoms with van der Waals surface area (Å²) in [5, 5.41) is 0. The lowest BCUT2D eigenvalue weighted by Crippen LogP contribution is -2.07. The molecule has 1 rings (SSSR count). The molecule has 0 heterocycles. The highest BCUT2D eigenvalue weighted by molar-refractivity contribution is 5.93. The molecule has 0 aliphatic carbocycles. The number of carbonyl (C=O) groups excluding carboxylic acids is 2.